The first-order chi connectivity index (χ1) is 14.3. The largest absolute Gasteiger partial charge is 0.454 e. The summed E-state index contributed by atoms with van der Waals surface area (Å²) in [5.74, 6) is 0.634. The Labute approximate surface area is 174 Å². The Morgan fingerprint density at radius 2 is 1.66 bits per heavy atom. The lowest BCUT2D eigenvalue weighted by Gasteiger charge is -1.99. The second-order valence-corrected chi connectivity index (χ2v) is 7.39. The summed E-state index contributed by atoms with van der Waals surface area (Å²) in [4.78, 5) is 9.40. The quantitative estimate of drug-likeness (QED) is 0.362. The first-order valence-electron chi connectivity index (χ1n) is 9.07. The van der Waals surface area contributed by atoms with Crippen LogP contribution < -0.4 is 10.8 Å². The molecule has 140 valence electrons. The second-order valence-electron chi connectivity index (χ2n) is 6.47. The molecule has 3 aromatic carbocycles. The maximum Gasteiger partial charge on any atom is 0.156 e. The van der Waals surface area contributed by atoms with Crippen LogP contribution >= 0.6 is 15.9 Å². The van der Waals surface area contributed by atoms with E-state index in [1.54, 1.807) is 6.20 Å². The van der Waals surface area contributed by atoms with Crippen molar-refractivity contribution >= 4 is 43.6 Å². The molecule has 5 rings (SSSR count). The van der Waals surface area contributed by atoms with E-state index >= 15 is 0 Å². The molecule has 0 atom stereocenters. The summed E-state index contributed by atoms with van der Waals surface area (Å²) in [6.07, 6.45) is 1.71. The summed E-state index contributed by atoms with van der Waals surface area (Å²) in [5.41, 5.74) is 6.92. The van der Waals surface area contributed by atoms with Gasteiger partial charge in [-0.3, -0.25) is 10.4 Å². The van der Waals surface area contributed by atoms with Crippen molar-refractivity contribution in [2.45, 2.75) is 0 Å². The van der Waals surface area contributed by atoms with Crippen LogP contribution in [0.2, 0.25) is 0 Å². The Bertz CT molecular complexity index is 1400. The number of anilines is 1. The number of halogens is 1. The first-order valence-corrected chi connectivity index (χ1v) is 9.86. The predicted octanol–water partition coefficient (Wildman–Crippen LogP) is 5.73. The van der Waals surface area contributed by atoms with Gasteiger partial charge in [0.05, 0.1) is 22.9 Å². The highest BCUT2D eigenvalue weighted by Crippen LogP contribution is 2.27. The van der Waals surface area contributed by atoms with Crippen LogP contribution in [0.25, 0.3) is 33.5 Å². The molecule has 0 bridgehead atoms. The van der Waals surface area contributed by atoms with Crippen molar-refractivity contribution in [1.29, 1.82) is 0 Å². The summed E-state index contributed by atoms with van der Waals surface area (Å²) in [5, 5.41) is 6.13. The zero-order valence-electron chi connectivity index (χ0n) is 15.2. The zero-order valence-corrected chi connectivity index (χ0v) is 16.8. The molecular formula is C23H15BrN4O. The molecule has 0 spiro atoms. The van der Waals surface area contributed by atoms with Crippen LogP contribution in [0, 0.1) is 0 Å². The van der Waals surface area contributed by atoms with Gasteiger partial charge in [-0.25, -0.2) is 4.98 Å². The Morgan fingerprint density at radius 3 is 2.52 bits per heavy atom. The summed E-state index contributed by atoms with van der Waals surface area (Å²) >= 11 is 3.51. The van der Waals surface area contributed by atoms with Crippen molar-refractivity contribution in [3.05, 3.63) is 94.9 Å². The van der Waals surface area contributed by atoms with E-state index in [-0.39, 0.29) is 0 Å². The SMILES string of the molecule is Brc1ccc2oc(-c3nc4ccccc4nc/c3=N\Nc3ccccc3)cc2c1. The summed E-state index contributed by atoms with van der Waals surface area (Å²) in [6.45, 7) is 0. The molecule has 0 amide bonds. The van der Waals surface area contributed by atoms with E-state index in [1.165, 1.54) is 0 Å². The van der Waals surface area contributed by atoms with Gasteiger partial charge >= 0.3 is 0 Å². The zero-order chi connectivity index (χ0) is 19.6. The van der Waals surface area contributed by atoms with Crippen LogP contribution in [0.1, 0.15) is 0 Å². The van der Waals surface area contributed by atoms with Gasteiger partial charge < -0.3 is 4.42 Å². The maximum atomic E-state index is 6.09. The molecule has 0 aliphatic rings. The Balaban J connectivity index is 1.74. The number of hydrogen-bond acceptors (Lipinski definition) is 5. The molecule has 29 heavy (non-hydrogen) atoms. The summed E-state index contributed by atoms with van der Waals surface area (Å²) < 4.78 is 7.09. The lowest BCUT2D eigenvalue weighted by molar-refractivity contribution is 0.628. The summed E-state index contributed by atoms with van der Waals surface area (Å²) in [6, 6.07) is 25.4. The van der Waals surface area contributed by atoms with Crippen LogP contribution in [-0.2, 0) is 0 Å². The van der Waals surface area contributed by atoms with Crippen molar-refractivity contribution < 1.29 is 4.42 Å². The van der Waals surface area contributed by atoms with E-state index in [2.05, 4.69) is 31.4 Å². The number of para-hydroxylation sites is 3. The number of nitrogens with one attached hydrogen (secondary N) is 1. The molecule has 2 aromatic heterocycles. The predicted molar refractivity (Wildman–Crippen MR) is 118 cm³/mol. The second kappa shape index (κ2) is 7.48. The third-order valence-electron chi connectivity index (χ3n) is 4.47. The van der Waals surface area contributed by atoms with E-state index in [9.17, 15) is 0 Å². The Hall–Kier alpha value is -3.51. The van der Waals surface area contributed by atoms with E-state index in [4.69, 9.17) is 9.40 Å². The fourth-order valence-electron chi connectivity index (χ4n) is 3.07. The molecule has 0 saturated carbocycles. The third kappa shape index (κ3) is 3.62. The molecule has 0 saturated heterocycles. The minimum Gasteiger partial charge on any atom is -0.454 e. The highest BCUT2D eigenvalue weighted by molar-refractivity contribution is 9.10. The monoisotopic (exact) mass is 442 g/mol. The smallest absolute Gasteiger partial charge is 0.156 e. The Kier molecular flexibility index (Phi) is 4.54. The normalized spacial score (nSPS) is 11.8. The maximum absolute atomic E-state index is 6.09. The number of fused-ring (bicyclic) bond motifs is 2. The number of rotatable bonds is 3. The van der Waals surface area contributed by atoms with Crippen LogP contribution in [0.4, 0.5) is 5.69 Å². The molecule has 6 heteroatoms. The van der Waals surface area contributed by atoms with Gasteiger partial charge in [0.2, 0.25) is 0 Å². The highest BCUT2D eigenvalue weighted by atomic mass is 79.9. The number of benzene rings is 3. The van der Waals surface area contributed by atoms with Crippen molar-refractivity contribution in [1.82, 2.24) is 9.97 Å². The van der Waals surface area contributed by atoms with Gasteiger partial charge in [0.15, 0.2) is 5.76 Å². The van der Waals surface area contributed by atoms with Gasteiger partial charge in [-0.15, -0.1) is 0 Å². The minimum atomic E-state index is 0.586. The fourth-order valence-corrected chi connectivity index (χ4v) is 3.45. The molecule has 0 unspecified atom stereocenters. The number of hydrogen-bond donors (Lipinski definition) is 1. The van der Waals surface area contributed by atoms with Gasteiger partial charge in [0.1, 0.15) is 16.6 Å². The van der Waals surface area contributed by atoms with E-state index in [0.29, 0.717) is 16.8 Å². The molecule has 1 N–H and O–H groups in total. The van der Waals surface area contributed by atoms with Gasteiger partial charge in [0.25, 0.3) is 0 Å². The first kappa shape index (κ1) is 17.6. The van der Waals surface area contributed by atoms with Gasteiger partial charge in [-0.2, -0.15) is 5.10 Å². The van der Waals surface area contributed by atoms with Crippen molar-refractivity contribution in [2.75, 3.05) is 5.43 Å². The van der Waals surface area contributed by atoms with Crippen LogP contribution in [0.3, 0.4) is 0 Å². The standard InChI is InChI=1S/C23H15BrN4O/c24-16-10-11-21-15(12-16)13-22(29-21)23-20(28-27-17-6-2-1-3-7-17)14-25-18-8-4-5-9-19(18)26-23/h1-14,27H/b28-20+. The van der Waals surface area contributed by atoms with E-state index < -0.39 is 0 Å². The lowest BCUT2D eigenvalue weighted by atomic mass is 10.2. The summed E-state index contributed by atoms with van der Waals surface area (Å²) in [7, 11) is 0. The number of nitrogens with zero attached hydrogens (tertiary/aromatic N) is 3. The molecular weight excluding hydrogens is 428 g/mol. The molecule has 0 fully saturated rings. The number of furan rings is 1. The van der Waals surface area contributed by atoms with Gasteiger partial charge in [-0.05, 0) is 48.5 Å². The molecule has 0 aliphatic carbocycles. The van der Waals surface area contributed by atoms with Crippen molar-refractivity contribution in [3.63, 3.8) is 0 Å². The minimum absolute atomic E-state index is 0.586. The van der Waals surface area contributed by atoms with Gasteiger partial charge in [-0.1, -0.05) is 46.3 Å². The average Bonchev–Trinajstić information content (AvgIpc) is 3.07. The van der Waals surface area contributed by atoms with E-state index in [0.717, 1.165) is 32.2 Å². The molecule has 5 aromatic rings. The van der Waals surface area contributed by atoms with Gasteiger partial charge in [0, 0.05) is 9.86 Å². The topological polar surface area (TPSA) is 63.3 Å². The van der Waals surface area contributed by atoms with Crippen LogP contribution in [0.5, 0.6) is 0 Å². The molecule has 0 aliphatic heterocycles. The van der Waals surface area contributed by atoms with Crippen LogP contribution in [-0.4, -0.2) is 9.97 Å². The van der Waals surface area contributed by atoms with Crippen LogP contribution in [0.15, 0.2) is 99.1 Å². The number of aromatic nitrogens is 2. The van der Waals surface area contributed by atoms with Crippen molar-refractivity contribution in [3.8, 4) is 11.5 Å². The molecule has 2 heterocycles. The van der Waals surface area contributed by atoms with Crippen molar-refractivity contribution in [2.24, 2.45) is 5.10 Å². The molecule has 0 radical (unpaired) electrons. The highest BCUT2D eigenvalue weighted by Gasteiger charge is 2.11. The van der Waals surface area contributed by atoms with E-state index in [1.807, 2.05) is 78.9 Å². The average molecular weight is 443 g/mol. The Morgan fingerprint density at radius 1 is 0.862 bits per heavy atom. The molecule has 5 nitrogen and oxygen atoms in total. The fraction of sp³-hybridized carbons (Fsp3) is 0. The lowest BCUT2D eigenvalue weighted by Crippen LogP contribution is -2.08. The third-order valence-corrected chi connectivity index (χ3v) is 4.97.